The summed E-state index contributed by atoms with van der Waals surface area (Å²) in [4.78, 5) is 3.51. The molecule has 0 saturated heterocycles. The van der Waals surface area contributed by atoms with Gasteiger partial charge in [0, 0.05) is 21.8 Å². The maximum Gasteiger partial charge on any atom is 0.231 e. The van der Waals surface area contributed by atoms with E-state index in [1.54, 1.807) is 0 Å². The van der Waals surface area contributed by atoms with Crippen LogP contribution in [0.2, 0.25) is 0 Å². The molecule has 6 nitrogen and oxygen atoms in total. The van der Waals surface area contributed by atoms with E-state index in [1.165, 1.54) is 56.4 Å². The molecule has 0 saturated carbocycles. The monoisotopic (exact) mass is 408 g/mol. The van der Waals surface area contributed by atoms with Crippen LogP contribution in [0.15, 0.2) is 35.6 Å². The number of nitrogens with one attached hydrogen (secondary N) is 1. The van der Waals surface area contributed by atoms with Gasteiger partial charge in [0.1, 0.15) is 6.20 Å². The van der Waals surface area contributed by atoms with E-state index in [0.717, 1.165) is 30.1 Å². The number of ether oxygens (including phenoxy) is 2. The quantitative estimate of drug-likeness (QED) is 0.476. The van der Waals surface area contributed by atoms with E-state index in [4.69, 9.17) is 9.47 Å². The smallest absolute Gasteiger partial charge is 0.231 e. The number of hydroxylamine groups is 2. The first-order valence-electron chi connectivity index (χ1n) is 10.1. The van der Waals surface area contributed by atoms with Crippen molar-refractivity contribution in [3.63, 3.8) is 0 Å². The van der Waals surface area contributed by atoms with Crippen LogP contribution in [0.1, 0.15) is 57.9 Å². The average molecular weight is 409 g/mol. The third kappa shape index (κ3) is 8.12. The van der Waals surface area contributed by atoms with E-state index in [0.29, 0.717) is 6.79 Å². The second kappa shape index (κ2) is 12.7. The highest BCUT2D eigenvalue weighted by Gasteiger charge is 2.16. The van der Waals surface area contributed by atoms with Crippen LogP contribution in [0.5, 0.6) is 11.5 Å². The molecule has 2 aliphatic rings. The standard InChI is InChI=1S/C18H28O3S.C3H4N2O/c1-3-4-5-6-7-8-11-22(19)15(2)12-16-9-10-17-18(13-16)21-14-20-17;6-5-2-1-4-3-5/h9-10,13,15H,3-8,11-12,14H2,1-2H3;1-3,5H. The topological polar surface area (TPSA) is 75.4 Å². The van der Waals surface area contributed by atoms with Gasteiger partial charge in [-0.25, -0.2) is 4.99 Å². The minimum Gasteiger partial charge on any atom is -0.623 e. The molecule has 1 N–H and O–H groups in total. The molecule has 0 amide bonds. The number of hydrogen-bond acceptors (Lipinski definition) is 5. The highest BCUT2D eigenvalue weighted by atomic mass is 32.2. The van der Waals surface area contributed by atoms with Crippen LogP contribution in [0, 0.1) is 5.21 Å². The Kier molecular flexibility index (Phi) is 10.2. The highest BCUT2D eigenvalue weighted by molar-refractivity contribution is 7.85. The number of aliphatic imine (C=N–C) groups is 1. The van der Waals surface area contributed by atoms with Crippen molar-refractivity contribution in [2.24, 2.45) is 4.99 Å². The third-order valence-corrected chi connectivity index (χ3v) is 6.39. The van der Waals surface area contributed by atoms with Crippen molar-refractivity contribution in [2.45, 2.75) is 64.0 Å². The molecule has 7 heteroatoms. The zero-order chi connectivity index (χ0) is 20.2. The van der Waals surface area contributed by atoms with Crippen LogP contribution in [0.25, 0.3) is 0 Å². The number of hydrogen-bond donors (Lipinski definition) is 1. The van der Waals surface area contributed by atoms with Gasteiger partial charge < -0.3 is 19.7 Å². The summed E-state index contributed by atoms with van der Waals surface area (Å²) in [7, 11) is -0.743. The number of benzene rings is 1. The number of nitrogens with zero attached hydrogens (tertiary/aromatic N) is 1. The Bertz CT molecular complexity index is 666. The summed E-state index contributed by atoms with van der Waals surface area (Å²) in [5, 5.41) is 10.2. The van der Waals surface area contributed by atoms with E-state index in [1.807, 2.05) is 18.2 Å². The summed E-state index contributed by atoms with van der Waals surface area (Å²) in [5.41, 5.74) is 1.17. The van der Waals surface area contributed by atoms with Crippen molar-refractivity contribution in [3.05, 3.63) is 41.4 Å². The molecule has 0 bridgehead atoms. The second-order valence-electron chi connectivity index (χ2n) is 7.05. The van der Waals surface area contributed by atoms with E-state index in [2.05, 4.69) is 18.8 Å². The molecule has 0 fully saturated rings. The molecule has 28 heavy (non-hydrogen) atoms. The van der Waals surface area contributed by atoms with Crippen molar-refractivity contribution in [1.29, 1.82) is 0 Å². The second-order valence-corrected chi connectivity index (χ2v) is 9.03. The molecule has 156 valence electrons. The van der Waals surface area contributed by atoms with Crippen molar-refractivity contribution < 1.29 is 18.7 Å². The van der Waals surface area contributed by atoms with E-state index >= 15 is 0 Å². The lowest BCUT2D eigenvalue weighted by Crippen LogP contribution is -2.99. The van der Waals surface area contributed by atoms with Crippen molar-refractivity contribution in [3.8, 4) is 11.5 Å². The minimum absolute atomic E-state index is 0.0185. The van der Waals surface area contributed by atoms with Crippen LogP contribution in [0.3, 0.4) is 0 Å². The summed E-state index contributed by atoms with van der Waals surface area (Å²) in [6.07, 6.45) is 12.5. The summed E-state index contributed by atoms with van der Waals surface area (Å²) in [6, 6.07) is 6.01. The van der Waals surface area contributed by atoms with E-state index < -0.39 is 10.8 Å². The van der Waals surface area contributed by atoms with Gasteiger partial charge in [0.15, 0.2) is 17.8 Å². The zero-order valence-electron chi connectivity index (χ0n) is 16.9. The van der Waals surface area contributed by atoms with Crippen LogP contribution in [-0.4, -0.2) is 28.3 Å². The Labute approximate surface area is 170 Å². The molecule has 3 rings (SSSR count). The number of fused-ring (bicyclic) bond motifs is 1. The zero-order valence-corrected chi connectivity index (χ0v) is 17.7. The lowest BCUT2D eigenvalue weighted by molar-refractivity contribution is -0.672. The predicted octanol–water partition coefficient (Wildman–Crippen LogP) is 3.34. The Morgan fingerprint density at radius 3 is 2.61 bits per heavy atom. The van der Waals surface area contributed by atoms with Crippen LogP contribution in [0.4, 0.5) is 0 Å². The highest BCUT2D eigenvalue weighted by Crippen LogP contribution is 2.33. The van der Waals surface area contributed by atoms with Crippen LogP contribution in [-0.2, 0) is 17.2 Å². The molecule has 0 radical (unpaired) electrons. The van der Waals surface area contributed by atoms with Gasteiger partial charge in [-0.15, -0.1) is 0 Å². The summed E-state index contributed by atoms with van der Waals surface area (Å²) in [6.45, 7) is 4.61. The van der Waals surface area contributed by atoms with Gasteiger partial charge in [0.25, 0.3) is 0 Å². The number of rotatable bonds is 10. The lowest BCUT2D eigenvalue weighted by Gasteiger charge is -2.12. The Morgan fingerprint density at radius 2 is 1.93 bits per heavy atom. The molecule has 1 aromatic rings. The first-order valence-corrected chi connectivity index (χ1v) is 11.5. The van der Waals surface area contributed by atoms with Crippen LogP contribution < -0.4 is 14.5 Å². The van der Waals surface area contributed by atoms with Gasteiger partial charge in [-0.1, -0.05) is 52.0 Å². The number of quaternary nitrogens is 1. The SMILES string of the molecule is CCCCCCCCS(=O)C(C)Cc1ccc2c(c1)OCO2.[O-][NH+]1C=CN=C1. The average Bonchev–Trinajstić information content (AvgIpc) is 3.35. The van der Waals surface area contributed by atoms with Crippen molar-refractivity contribution in [2.75, 3.05) is 12.5 Å². The molecule has 2 aliphatic heterocycles. The largest absolute Gasteiger partial charge is 0.623 e. The fourth-order valence-electron chi connectivity index (χ4n) is 2.99. The van der Waals surface area contributed by atoms with E-state index in [9.17, 15) is 9.42 Å². The first-order chi connectivity index (χ1) is 13.6. The van der Waals surface area contributed by atoms with Gasteiger partial charge in [0.2, 0.25) is 6.79 Å². The van der Waals surface area contributed by atoms with E-state index in [-0.39, 0.29) is 10.3 Å². The minimum atomic E-state index is -0.743. The fraction of sp³-hybridized carbons (Fsp3) is 0.571. The molecular weight excluding hydrogens is 376 g/mol. The van der Waals surface area contributed by atoms with Crippen LogP contribution >= 0.6 is 0 Å². The lowest BCUT2D eigenvalue weighted by atomic mass is 10.1. The normalized spacial score (nSPS) is 18.6. The fourth-order valence-corrected chi connectivity index (χ4v) is 4.26. The maximum atomic E-state index is 12.3. The van der Waals surface area contributed by atoms with Crippen molar-refractivity contribution >= 4 is 17.1 Å². The van der Waals surface area contributed by atoms with Gasteiger partial charge >= 0.3 is 0 Å². The molecule has 0 aromatic heterocycles. The third-order valence-electron chi connectivity index (χ3n) is 4.63. The first kappa shape index (κ1) is 22.6. The molecule has 0 spiro atoms. The molecule has 3 unspecified atom stereocenters. The molecular formula is C21H32N2O4S. The Hall–Kier alpha value is -1.70. The van der Waals surface area contributed by atoms with Crippen molar-refractivity contribution in [1.82, 2.24) is 0 Å². The van der Waals surface area contributed by atoms with Gasteiger partial charge in [-0.2, -0.15) is 0 Å². The maximum absolute atomic E-state index is 12.3. The Balaban J connectivity index is 0.000000397. The van der Waals surface area contributed by atoms with Gasteiger partial charge in [-0.3, -0.25) is 4.21 Å². The van der Waals surface area contributed by atoms with Gasteiger partial charge in [0.05, 0.1) is 6.20 Å². The van der Waals surface area contributed by atoms with Gasteiger partial charge in [-0.05, 0) is 30.5 Å². The number of unbranched alkanes of at least 4 members (excludes halogenated alkanes) is 5. The summed E-state index contributed by atoms with van der Waals surface area (Å²) >= 11 is 0. The molecule has 3 atom stereocenters. The summed E-state index contributed by atoms with van der Waals surface area (Å²) in [5.74, 6) is 2.45. The molecule has 1 aromatic carbocycles. The Morgan fingerprint density at radius 1 is 1.18 bits per heavy atom. The molecule has 2 heterocycles. The predicted molar refractivity (Wildman–Crippen MR) is 114 cm³/mol. The summed E-state index contributed by atoms with van der Waals surface area (Å²) < 4.78 is 23.0. The molecule has 0 aliphatic carbocycles.